The first kappa shape index (κ1) is 25.0. The van der Waals surface area contributed by atoms with Gasteiger partial charge in [-0.3, -0.25) is 14.2 Å². The molecule has 0 fully saturated rings. The Morgan fingerprint density at radius 2 is 1.80 bits per heavy atom. The second-order valence-corrected chi connectivity index (χ2v) is 9.63. The summed E-state index contributed by atoms with van der Waals surface area (Å²) < 4.78 is 7.61. The number of hydrogen-bond donors (Lipinski definition) is 0. The summed E-state index contributed by atoms with van der Waals surface area (Å²) in [5, 5.41) is 0.891. The van der Waals surface area contributed by atoms with Crippen LogP contribution in [0.1, 0.15) is 31.2 Å². The van der Waals surface area contributed by atoms with E-state index in [-0.39, 0.29) is 25.6 Å². The predicted molar refractivity (Wildman–Crippen MR) is 136 cm³/mol. The summed E-state index contributed by atoms with van der Waals surface area (Å²) >= 11 is 7.30. The molecule has 1 aliphatic heterocycles. The molecule has 0 saturated carbocycles. The van der Waals surface area contributed by atoms with E-state index in [1.54, 1.807) is 41.0 Å². The summed E-state index contributed by atoms with van der Waals surface area (Å²) in [4.78, 5) is 57.1. The van der Waals surface area contributed by atoms with Gasteiger partial charge < -0.3 is 14.5 Å². The molecule has 0 saturated heterocycles. The molecule has 186 valence electrons. The van der Waals surface area contributed by atoms with E-state index in [1.807, 2.05) is 13.8 Å². The van der Waals surface area contributed by atoms with Crippen molar-refractivity contribution in [3.63, 3.8) is 0 Å². The van der Waals surface area contributed by atoms with Crippen molar-refractivity contribution < 1.29 is 14.3 Å². The number of nitrogens with zero attached hydrogens (tertiary/aromatic N) is 4. The number of fused-ring (bicyclic) bond motifs is 3. The molecule has 0 spiro atoms. The summed E-state index contributed by atoms with van der Waals surface area (Å²) in [6, 6.07) is 6.43. The molecule has 3 heterocycles. The second-order valence-electron chi connectivity index (χ2n) is 8.11. The van der Waals surface area contributed by atoms with Crippen LogP contribution in [-0.2, 0) is 29.0 Å². The van der Waals surface area contributed by atoms with E-state index >= 15 is 0 Å². The number of carbonyl (C=O) groups excluding carboxylic acids is 2. The molecule has 4 rings (SSSR count). The van der Waals surface area contributed by atoms with Gasteiger partial charge in [-0.25, -0.2) is 14.2 Å². The van der Waals surface area contributed by atoms with Crippen LogP contribution in [0.25, 0.3) is 15.9 Å². The summed E-state index contributed by atoms with van der Waals surface area (Å²) in [7, 11) is 0. The van der Waals surface area contributed by atoms with Crippen LogP contribution in [0.4, 0.5) is 4.79 Å². The van der Waals surface area contributed by atoms with Gasteiger partial charge in [0.05, 0.1) is 24.2 Å². The summed E-state index contributed by atoms with van der Waals surface area (Å²) in [6.45, 7) is 7.29. The Morgan fingerprint density at radius 3 is 2.43 bits per heavy atom. The number of hydrogen-bond acceptors (Lipinski definition) is 6. The largest absolute Gasteiger partial charge is 0.450 e. The monoisotopic (exact) mass is 518 g/mol. The molecule has 0 radical (unpaired) electrons. The van der Waals surface area contributed by atoms with Crippen LogP contribution < -0.4 is 11.2 Å². The lowest BCUT2D eigenvalue weighted by Crippen LogP contribution is -2.42. The van der Waals surface area contributed by atoms with E-state index in [1.165, 1.54) is 15.9 Å². The van der Waals surface area contributed by atoms with E-state index in [0.717, 1.165) is 15.0 Å². The molecule has 11 heteroatoms. The van der Waals surface area contributed by atoms with Gasteiger partial charge in [0.2, 0.25) is 5.91 Å². The smallest absolute Gasteiger partial charge is 0.410 e. The van der Waals surface area contributed by atoms with Gasteiger partial charge in [0.15, 0.2) is 0 Å². The van der Waals surface area contributed by atoms with E-state index in [4.69, 9.17) is 16.3 Å². The molecule has 2 aromatic heterocycles. The first-order valence-corrected chi connectivity index (χ1v) is 12.8. The maximum Gasteiger partial charge on any atom is 0.410 e. The number of ether oxygens (including phenoxy) is 1. The van der Waals surface area contributed by atoms with Gasteiger partial charge in [0.25, 0.3) is 5.56 Å². The third-order valence-corrected chi connectivity index (χ3v) is 7.63. The van der Waals surface area contributed by atoms with Crippen molar-refractivity contribution in [3.05, 3.63) is 60.6 Å². The number of thiophene rings is 1. The molecular weight excluding hydrogens is 492 g/mol. The zero-order valence-corrected chi connectivity index (χ0v) is 21.4. The maximum atomic E-state index is 13.7. The minimum atomic E-state index is -0.592. The molecule has 1 aromatic carbocycles. The number of benzene rings is 1. The van der Waals surface area contributed by atoms with E-state index in [9.17, 15) is 19.2 Å². The van der Waals surface area contributed by atoms with Crippen molar-refractivity contribution in [2.45, 2.75) is 40.3 Å². The minimum absolute atomic E-state index is 0.189. The van der Waals surface area contributed by atoms with Gasteiger partial charge in [0.1, 0.15) is 11.4 Å². The highest BCUT2D eigenvalue weighted by Crippen LogP contribution is 2.33. The number of halogens is 1. The molecule has 0 N–H and O–H groups in total. The molecule has 0 unspecified atom stereocenters. The Hall–Kier alpha value is -3.11. The van der Waals surface area contributed by atoms with E-state index < -0.39 is 17.3 Å². The van der Waals surface area contributed by atoms with Crippen molar-refractivity contribution in [3.8, 4) is 5.69 Å². The summed E-state index contributed by atoms with van der Waals surface area (Å²) in [5.74, 6) is -0.209. The number of aromatic nitrogens is 2. The van der Waals surface area contributed by atoms with Crippen molar-refractivity contribution in [2.75, 3.05) is 26.2 Å². The quantitative estimate of drug-likeness (QED) is 0.499. The standard InChI is InChI=1S/C24H27ClN4O5S/c1-4-26(5-2)19(30)14-28-22-20(17-11-12-27(13-18(17)35-22)24(33)34-6-3)21(31)29(23(28)32)16-9-7-15(25)8-10-16/h7-10H,4-6,11-14H2,1-3H3. The molecule has 35 heavy (non-hydrogen) atoms. The van der Waals surface area contributed by atoms with Crippen LogP contribution in [0.5, 0.6) is 0 Å². The van der Waals surface area contributed by atoms with Crippen LogP contribution in [0.3, 0.4) is 0 Å². The van der Waals surface area contributed by atoms with Crippen LogP contribution in [0.15, 0.2) is 33.9 Å². The number of amides is 2. The molecule has 0 bridgehead atoms. The van der Waals surface area contributed by atoms with Crippen LogP contribution >= 0.6 is 22.9 Å². The molecule has 3 aromatic rings. The van der Waals surface area contributed by atoms with Crippen LogP contribution in [0, 0.1) is 0 Å². The molecule has 1 aliphatic rings. The molecule has 9 nitrogen and oxygen atoms in total. The highest BCUT2D eigenvalue weighted by atomic mass is 35.5. The van der Waals surface area contributed by atoms with E-state index in [0.29, 0.717) is 47.0 Å². The van der Waals surface area contributed by atoms with Gasteiger partial charge in [0, 0.05) is 29.5 Å². The number of carbonyl (C=O) groups is 2. The Labute approximate surface area is 211 Å². The van der Waals surface area contributed by atoms with E-state index in [2.05, 4.69) is 0 Å². The predicted octanol–water partition coefficient (Wildman–Crippen LogP) is 3.25. The van der Waals surface area contributed by atoms with Gasteiger partial charge in [-0.2, -0.15) is 0 Å². The average Bonchev–Trinajstić information content (AvgIpc) is 3.23. The molecule has 2 amide bonds. The van der Waals surface area contributed by atoms with Gasteiger partial charge in [-0.1, -0.05) is 11.6 Å². The lowest BCUT2D eigenvalue weighted by molar-refractivity contribution is -0.131. The third kappa shape index (κ3) is 4.60. The zero-order valence-electron chi connectivity index (χ0n) is 19.9. The highest BCUT2D eigenvalue weighted by Gasteiger charge is 2.29. The Bertz CT molecular complexity index is 1390. The number of rotatable bonds is 6. The van der Waals surface area contributed by atoms with Crippen molar-refractivity contribution in [1.29, 1.82) is 0 Å². The first-order chi connectivity index (χ1) is 16.8. The lowest BCUT2D eigenvalue weighted by atomic mass is 10.1. The fourth-order valence-corrected chi connectivity index (χ4v) is 5.82. The maximum absolute atomic E-state index is 13.7. The Balaban J connectivity index is 1.93. The van der Waals surface area contributed by atoms with Gasteiger partial charge >= 0.3 is 11.8 Å². The molecular formula is C24H27ClN4O5S. The van der Waals surface area contributed by atoms with Crippen LogP contribution in [-0.4, -0.2) is 57.2 Å². The molecule has 0 aliphatic carbocycles. The Morgan fingerprint density at radius 1 is 1.11 bits per heavy atom. The summed E-state index contributed by atoms with van der Waals surface area (Å²) in [5.41, 5.74) is 0.147. The fraction of sp³-hybridized carbons (Fsp3) is 0.417. The van der Waals surface area contributed by atoms with Crippen molar-refractivity contribution in [2.24, 2.45) is 0 Å². The summed E-state index contributed by atoms with van der Waals surface area (Å²) in [6.07, 6.45) is 0.0370. The van der Waals surface area contributed by atoms with Crippen LogP contribution in [0.2, 0.25) is 5.02 Å². The van der Waals surface area contributed by atoms with Gasteiger partial charge in [-0.05, 0) is 57.0 Å². The zero-order chi connectivity index (χ0) is 25.3. The molecule has 0 atom stereocenters. The highest BCUT2D eigenvalue weighted by molar-refractivity contribution is 7.18. The topological polar surface area (TPSA) is 93.8 Å². The van der Waals surface area contributed by atoms with Crippen molar-refractivity contribution in [1.82, 2.24) is 18.9 Å². The second kappa shape index (κ2) is 10.2. The third-order valence-electron chi connectivity index (χ3n) is 6.14. The normalized spacial score (nSPS) is 13.1. The SMILES string of the molecule is CCOC(=O)N1CCc2c(sc3c2c(=O)n(-c2ccc(Cl)cc2)c(=O)n3CC(=O)N(CC)CC)C1. The number of likely N-dealkylation sites (N-methyl/N-ethyl adjacent to an activating group) is 1. The van der Waals surface area contributed by atoms with Crippen molar-refractivity contribution >= 4 is 45.2 Å². The Kier molecular flexibility index (Phi) is 7.32. The van der Waals surface area contributed by atoms with Gasteiger partial charge in [-0.15, -0.1) is 11.3 Å². The minimum Gasteiger partial charge on any atom is -0.450 e. The first-order valence-electron chi connectivity index (χ1n) is 11.6. The lowest BCUT2D eigenvalue weighted by Gasteiger charge is -2.25. The fourth-order valence-electron chi connectivity index (χ4n) is 4.35. The average molecular weight is 519 g/mol.